The zero-order valence-corrected chi connectivity index (χ0v) is 12.2. The highest BCUT2D eigenvalue weighted by atomic mass is 16.5. The molecule has 1 aromatic heterocycles. The molecule has 0 radical (unpaired) electrons. The minimum absolute atomic E-state index is 0.0277. The van der Waals surface area contributed by atoms with Gasteiger partial charge in [0.1, 0.15) is 5.75 Å². The molecule has 0 saturated heterocycles. The second-order valence-corrected chi connectivity index (χ2v) is 5.04. The lowest BCUT2D eigenvalue weighted by Crippen LogP contribution is -2.10. The molecule has 0 spiro atoms. The summed E-state index contributed by atoms with van der Waals surface area (Å²) in [5.41, 5.74) is 7.08. The molecule has 0 amide bonds. The Kier molecular flexibility index (Phi) is 4.74. The van der Waals surface area contributed by atoms with Gasteiger partial charge in [0.15, 0.2) is 12.4 Å². The zero-order chi connectivity index (χ0) is 14.5. The van der Waals surface area contributed by atoms with E-state index in [2.05, 4.69) is 10.1 Å². The lowest BCUT2D eigenvalue weighted by atomic mass is 10.0. The molecule has 2 rings (SSSR count). The summed E-state index contributed by atoms with van der Waals surface area (Å²) < 4.78 is 10.9. The average Bonchev–Trinajstić information content (AvgIpc) is 2.93. The molecule has 0 fully saturated rings. The molecule has 5 heteroatoms. The number of nitrogens with two attached hydrogens (primary N) is 1. The Morgan fingerprint density at radius 3 is 2.70 bits per heavy atom. The number of nitrogens with zero attached hydrogens (tertiary/aromatic N) is 2. The first-order valence-corrected chi connectivity index (χ1v) is 6.91. The summed E-state index contributed by atoms with van der Waals surface area (Å²) in [7, 11) is 0. The number of benzene rings is 1. The van der Waals surface area contributed by atoms with Crippen molar-refractivity contribution in [3.8, 4) is 5.75 Å². The fraction of sp³-hybridized carbons (Fsp3) is 0.467. The van der Waals surface area contributed by atoms with E-state index in [9.17, 15) is 0 Å². The van der Waals surface area contributed by atoms with E-state index < -0.39 is 0 Å². The van der Waals surface area contributed by atoms with Gasteiger partial charge in [-0.05, 0) is 12.5 Å². The summed E-state index contributed by atoms with van der Waals surface area (Å²) in [6.07, 6.45) is 0.860. The van der Waals surface area contributed by atoms with E-state index in [-0.39, 0.29) is 18.6 Å². The van der Waals surface area contributed by atoms with Crippen LogP contribution in [0.2, 0.25) is 0 Å². The van der Waals surface area contributed by atoms with Gasteiger partial charge in [-0.25, -0.2) is 0 Å². The lowest BCUT2D eigenvalue weighted by Gasteiger charge is -2.14. The van der Waals surface area contributed by atoms with Gasteiger partial charge >= 0.3 is 0 Å². The van der Waals surface area contributed by atoms with Crippen LogP contribution in [0.25, 0.3) is 0 Å². The van der Waals surface area contributed by atoms with Crippen LogP contribution in [0, 0.1) is 0 Å². The van der Waals surface area contributed by atoms with Gasteiger partial charge in [-0.3, -0.25) is 0 Å². The molecule has 0 aliphatic rings. The Labute approximate surface area is 119 Å². The van der Waals surface area contributed by atoms with Crippen molar-refractivity contribution in [2.24, 2.45) is 5.73 Å². The summed E-state index contributed by atoms with van der Waals surface area (Å²) in [6, 6.07) is 7.75. The van der Waals surface area contributed by atoms with E-state index >= 15 is 0 Å². The molecule has 1 unspecified atom stereocenters. The smallest absolute Gasteiger partial charge is 0.264 e. The fourth-order valence-corrected chi connectivity index (χ4v) is 1.84. The van der Waals surface area contributed by atoms with Crippen LogP contribution >= 0.6 is 0 Å². The number of hydrogen-bond donors (Lipinski definition) is 1. The van der Waals surface area contributed by atoms with Gasteiger partial charge in [0.25, 0.3) is 5.89 Å². The highest BCUT2D eigenvalue weighted by Crippen LogP contribution is 2.26. The molecule has 2 N–H and O–H groups in total. The van der Waals surface area contributed by atoms with Gasteiger partial charge in [0.2, 0.25) is 0 Å². The van der Waals surface area contributed by atoms with Crippen molar-refractivity contribution in [2.45, 2.75) is 45.8 Å². The van der Waals surface area contributed by atoms with Crippen LogP contribution in [0.4, 0.5) is 0 Å². The number of aromatic nitrogens is 2. The van der Waals surface area contributed by atoms with Crippen LogP contribution in [-0.2, 0) is 6.61 Å². The summed E-state index contributed by atoms with van der Waals surface area (Å²) >= 11 is 0. The maximum Gasteiger partial charge on any atom is 0.264 e. The van der Waals surface area contributed by atoms with Crippen LogP contribution in [-0.4, -0.2) is 10.1 Å². The number of hydrogen-bond acceptors (Lipinski definition) is 5. The second kappa shape index (κ2) is 6.52. The SMILES string of the molecule is CCC(N)c1ccccc1OCc1nc(C(C)C)no1. The minimum atomic E-state index is -0.0277. The van der Waals surface area contributed by atoms with Gasteiger partial charge in [0, 0.05) is 17.5 Å². The molecule has 5 nitrogen and oxygen atoms in total. The van der Waals surface area contributed by atoms with E-state index in [0.717, 1.165) is 17.7 Å². The van der Waals surface area contributed by atoms with Crippen LogP contribution in [0.15, 0.2) is 28.8 Å². The molecule has 2 aromatic rings. The molecular formula is C15H21N3O2. The van der Waals surface area contributed by atoms with Gasteiger partial charge < -0.3 is 15.0 Å². The van der Waals surface area contributed by atoms with Crippen molar-refractivity contribution in [1.29, 1.82) is 0 Å². The van der Waals surface area contributed by atoms with Crippen LogP contribution in [0.5, 0.6) is 5.75 Å². The predicted octanol–water partition coefficient (Wildman–Crippen LogP) is 3.18. The van der Waals surface area contributed by atoms with E-state index in [4.69, 9.17) is 15.0 Å². The third kappa shape index (κ3) is 3.36. The number of rotatable bonds is 6. The first kappa shape index (κ1) is 14.5. The first-order chi connectivity index (χ1) is 9.61. The van der Waals surface area contributed by atoms with E-state index in [0.29, 0.717) is 11.7 Å². The monoisotopic (exact) mass is 275 g/mol. The van der Waals surface area contributed by atoms with Crippen LogP contribution in [0.3, 0.4) is 0 Å². The maximum absolute atomic E-state index is 6.08. The summed E-state index contributed by atoms with van der Waals surface area (Å²) in [6.45, 7) is 6.34. The Bertz CT molecular complexity index is 552. The van der Waals surface area contributed by atoms with Gasteiger partial charge in [-0.1, -0.05) is 44.1 Å². The Balaban J connectivity index is 2.06. The molecular weight excluding hydrogens is 254 g/mol. The lowest BCUT2D eigenvalue weighted by molar-refractivity contribution is 0.239. The highest BCUT2D eigenvalue weighted by Gasteiger charge is 2.13. The molecule has 0 bridgehead atoms. The Morgan fingerprint density at radius 1 is 1.30 bits per heavy atom. The topological polar surface area (TPSA) is 74.2 Å². The standard InChI is InChI=1S/C15H21N3O2/c1-4-12(16)11-7-5-6-8-13(11)19-9-14-17-15(10(2)3)18-20-14/h5-8,10,12H,4,9,16H2,1-3H3. The first-order valence-electron chi connectivity index (χ1n) is 6.91. The zero-order valence-electron chi connectivity index (χ0n) is 12.2. The molecule has 108 valence electrons. The summed E-state index contributed by atoms with van der Waals surface area (Å²) in [5.74, 6) is 2.19. The molecule has 0 aliphatic heterocycles. The quantitative estimate of drug-likeness (QED) is 0.876. The van der Waals surface area contributed by atoms with Gasteiger partial charge in [0.05, 0.1) is 0 Å². The van der Waals surface area contributed by atoms with Crippen molar-refractivity contribution in [2.75, 3.05) is 0 Å². The van der Waals surface area contributed by atoms with Gasteiger partial charge in [-0.2, -0.15) is 4.98 Å². The molecule has 0 aliphatic carbocycles. The molecule has 1 heterocycles. The predicted molar refractivity (Wildman–Crippen MR) is 76.4 cm³/mol. The maximum atomic E-state index is 6.08. The fourth-order valence-electron chi connectivity index (χ4n) is 1.84. The summed E-state index contributed by atoms with van der Waals surface area (Å²) in [4.78, 5) is 4.29. The Hall–Kier alpha value is -1.88. The summed E-state index contributed by atoms with van der Waals surface area (Å²) in [5, 5.41) is 3.91. The molecule has 1 atom stereocenters. The van der Waals surface area contributed by atoms with E-state index in [1.165, 1.54) is 0 Å². The van der Waals surface area contributed by atoms with Crippen LogP contribution < -0.4 is 10.5 Å². The van der Waals surface area contributed by atoms with Crippen molar-refractivity contribution in [3.63, 3.8) is 0 Å². The van der Waals surface area contributed by atoms with Gasteiger partial charge in [-0.15, -0.1) is 0 Å². The largest absolute Gasteiger partial charge is 0.483 e. The van der Waals surface area contributed by atoms with Crippen molar-refractivity contribution < 1.29 is 9.26 Å². The van der Waals surface area contributed by atoms with E-state index in [1.54, 1.807) is 0 Å². The molecule has 20 heavy (non-hydrogen) atoms. The Morgan fingerprint density at radius 2 is 2.05 bits per heavy atom. The van der Waals surface area contributed by atoms with Crippen LogP contribution in [0.1, 0.15) is 56.4 Å². The number of para-hydroxylation sites is 1. The van der Waals surface area contributed by atoms with E-state index in [1.807, 2.05) is 45.0 Å². The third-order valence-electron chi connectivity index (χ3n) is 3.11. The normalized spacial score (nSPS) is 12.7. The highest BCUT2D eigenvalue weighted by molar-refractivity contribution is 5.35. The number of ether oxygens (including phenoxy) is 1. The second-order valence-electron chi connectivity index (χ2n) is 5.04. The molecule has 0 saturated carbocycles. The average molecular weight is 275 g/mol. The third-order valence-corrected chi connectivity index (χ3v) is 3.11. The molecule has 1 aromatic carbocycles. The minimum Gasteiger partial charge on any atom is -0.483 e. The van der Waals surface area contributed by atoms with Crippen molar-refractivity contribution in [1.82, 2.24) is 10.1 Å². The van der Waals surface area contributed by atoms with Crippen molar-refractivity contribution >= 4 is 0 Å². The van der Waals surface area contributed by atoms with Crippen molar-refractivity contribution in [3.05, 3.63) is 41.5 Å².